The highest BCUT2D eigenvalue weighted by Gasteiger charge is 2.06. The highest BCUT2D eigenvalue weighted by atomic mass is 32.1. The van der Waals surface area contributed by atoms with E-state index in [1.807, 2.05) is 5.38 Å². The molecule has 0 radical (unpaired) electrons. The van der Waals surface area contributed by atoms with Gasteiger partial charge in [0.2, 0.25) is 0 Å². The van der Waals surface area contributed by atoms with Crippen molar-refractivity contribution in [2.24, 2.45) is 0 Å². The number of nitrogens with two attached hydrogens (primary N) is 1. The number of aromatic nitrogens is 1. The van der Waals surface area contributed by atoms with Gasteiger partial charge in [-0.15, -0.1) is 0 Å². The van der Waals surface area contributed by atoms with Crippen LogP contribution in [0.3, 0.4) is 0 Å². The van der Waals surface area contributed by atoms with Crippen molar-refractivity contribution in [3.63, 3.8) is 0 Å². The van der Waals surface area contributed by atoms with Crippen molar-refractivity contribution in [3.8, 4) is 11.3 Å². The number of rotatable bonds is 2. The molecule has 1 heterocycles. The van der Waals surface area contributed by atoms with Crippen molar-refractivity contribution in [1.82, 2.24) is 0 Å². The topological polar surface area (TPSA) is 40.2 Å². The molecule has 0 saturated carbocycles. The van der Waals surface area contributed by atoms with Crippen LogP contribution >= 0.6 is 11.3 Å². The first-order valence-electron chi connectivity index (χ1n) is 5.03. The molecular formula is C12H15N2S+. The summed E-state index contributed by atoms with van der Waals surface area (Å²) in [5, 5.41) is 2.79. The smallest absolute Gasteiger partial charge is 0.278 e. The van der Waals surface area contributed by atoms with Crippen molar-refractivity contribution < 1.29 is 4.98 Å². The Morgan fingerprint density at radius 1 is 1.20 bits per heavy atom. The molecular weight excluding hydrogens is 204 g/mol. The molecule has 78 valence electrons. The number of hydrogen-bond donors (Lipinski definition) is 1. The standard InChI is InChI=1S/C12H14N2S/c1-8(2)9-3-5-10(6-4-9)11-7-15-12(13)14-11/h3-8H,1-2H3,(H2,13,14)/p+1. The minimum atomic E-state index is 0.579. The van der Waals surface area contributed by atoms with Crippen LogP contribution in [0.1, 0.15) is 25.3 Å². The van der Waals surface area contributed by atoms with Crippen LogP contribution in [0, 0.1) is 0 Å². The summed E-state index contributed by atoms with van der Waals surface area (Å²) in [7, 11) is 0. The fourth-order valence-electron chi connectivity index (χ4n) is 1.50. The van der Waals surface area contributed by atoms with E-state index in [0.29, 0.717) is 5.92 Å². The Labute approximate surface area is 93.8 Å². The van der Waals surface area contributed by atoms with E-state index in [1.165, 1.54) is 22.5 Å². The van der Waals surface area contributed by atoms with Gasteiger partial charge in [0, 0.05) is 10.9 Å². The predicted molar refractivity (Wildman–Crippen MR) is 64.8 cm³/mol. The summed E-state index contributed by atoms with van der Waals surface area (Å²) in [5.41, 5.74) is 9.30. The zero-order valence-corrected chi connectivity index (χ0v) is 9.77. The molecule has 15 heavy (non-hydrogen) atoms. The van der Waals surface area contributed by atoms with Crippen LogP contribution in [0.4, 0.5) is 5.13 Å². The number of hydrogen-bond acceptors (Lipinski definition) is 2. The number of H-pyrrole nitrogens is 1. The molecule has 0 unspecified atom stereocenters. The first-order valence-corrected chi connectivity index (χ1v) is 5.91. The fourth-order valence-corrected chi connectivity index (χ4v) is 2.11. The maximum atomic E-state index is 5.66. The van der Waals surface area contributed by atoms with Crippen LogP contribution in [-0.4, -0.2) is 0 Å². The third-order valence-corrected chi connectivity index (χ3v) is 3.16. The van der Waals surface area contributed by atoms with Gasteiger partial charge in [-0.25, -0.2) is 4.98 Å². The first kappa shape index (κ1) is 10.2. The molecule has 0 aliphatic rings. The molecule has 0 spiro atoms. The average molecular weight is 219 g/mol. The number of nitrogen functional groups attached to an aromatic ring is 1. The quantitative estimate of drug-likeness (QED) is 0.828. The molecule has 0 aliphatic carbocycles. The maximum absolute atomic E-state index is 5.66. The molecule has 0 atom stereocenters. The lowest BCUT2D eigenvalue weighted by molar-refractivity contribution is -0.340. The molecule has 2 nitrogen and oxygen atoms in total. The predicted octanol–water partition coefficient (Wildman–Crippen LogP) is 2.93. The second-order valence-electron chi connectivity index (χ2n) is 3.92. The van der Waals surface area contributed by atoms with Crippen molar-refractivity contribution in [1.29, 1.82) is 0 Å². The van der Waals surface area contributed by atoms with E-state index in [9.17, 15) is 0 Å². The summed E-state index contributed by atoms with van der Waals surface area (Å²) in [5.74, 6) is 0.579. The summed E-state index contributed by atoms with van der Waals surface area (Å²) in [6.07, 6.45) is 0. The highest BCUT2D eigenvalue weighted by molar-refractivity contribution is 7.13. The van der Waals surface area contributed by atoms with Crippen LogP contribution in [0.25, 0.3) is 11.3 Å². The summed E-state index contributed by atoms with van der Waals surface area (Å²) in [6.45, 7) is 4.40. The third kappa shape index (κ3) is 2.18. The zero-order valence-electron chi connectivity index (χ0n) is 8.95. The van der Waals surface area contributed by atoms with Gasteiger partial charge in [-0.2, -0.15) is 0 Å². The molecule has 1 aromatic heterocycles. The molecule has 0 aliphatic heterocycles. The van der Waals surface area contributed by atoms with Crippen LogP contribution in [-0.2, 0) is 0 Å². The molecule has 3 N–H and O–H groups in total. The Hall–Kier alpha value is -1.35. The summed E-state index contributed by atoms with van der Waals surface area (Å²) in [6, 6.07) is 8.60. The van der Waals surface area contributed by atoms with Crippen molar-refractivity contribution >= 4 is 16.5 Å². The fraction of sp³-hybridized carbons (Fsp3) is 0.250. The molecule has 0 bridgehead atoms. The van der Waals surface area contributed by atoms with Gasteiger partial charge in [0.25, 0.3) is 0 Å². The number of aromatic amines is 1. The Morgan fingerprint density at radius 2 is 1.87 bits per heavy atom. The van der Waals surface area contributed by atoms with Crippen LogP contribution in [0.2, 0.25) is 0 Å². The van der Waals surface area contributed by atoms with Gasteiger partial charge < -0.3 is 0 Å². The van der Waals surface area contributed by atoms with E-state index in [2.05, 4.69) is 43.1 Å². The second-order valence-corrected chi connectivity index (χ2v) is 4.83. The summed E-state index contributed by atoms with van der Waals surface area (Å²) >= 11 is 1.53. The molecule has 0 amide bonds. The molecule has 2 rings (SSSR count). The van der Waals surface area contributed by atoms with Gasteiger partial charge in [-0.3, -0.25) is 5.73 Å². The van der Waals surface area contributed by atoms with Gasteiger partial charge in [0.15, 0.2) is 0 Å². The SMILES string of the molecule is CC(C)c1ccc(-c2csc(N)[nH+]2)cc1. The van der Waals surface area contributed by atoms with E-state index in [4.69, 9.17) is 5.73 Å². The van der Waals surface area contributed by atoms with E-state index >= 15 is 0 Å². The van der Waals surface area contributed by atoms with Crippen molar-refractivity contribution in [2.75, 3.05) is 5.73 Å². The average Bonchev–Trinajstić information content (AvgIpc) is 2.65. The number of thiazole rings is 1. The Bertz CT molecular complexity index is 443. The highest BCUT2D eigenvalue weighted by Crippen LogP contribution is 2.22. The van der Waals surface area contributed by atoms with Gasteiger partial charge in [-0.05, 0) is 11.5 Å². The first-order chi connectivity index (χ1) is 7.16. The van der Waals surface area contributed by atoms with E-state index in [1.54, 1.807) is 0 Å². The van der Waals surface area contributed by atoms with E-state index in [-0.39, 0.29) is 0 Å². The summed E-state index contributed by atoms with van der Waals surface area (Å²) < 4.78 is 0. The minimum absolute atomic E-state index is 0.579. The van der Waals surface area contributed by atoms with Crippen molar-refractivity contribution in [2.45, 2.75) is 19.8 Å². The Morgan fingerprint density at radius 3 is 2.33 bits per heavy atom. The molecule has 3 heteroatoms. The lowest BCUT2D eigenvalue weighted by Gasteiger charge is -2.04. The normalized spacial score (nSPS) is 10.9. The van der Waals surface area contributed by atoms with Gasteiger partial charge in [0.1, 0.15) is 5.69 Å². The Balaban J connectivity index is 2.31. The lowest BCUT2D eigenvalue weighted by atomic mass is 10.0. The number of benzene rings is 1. The van der Waals surface area contributed by atoms with Crippen LogP contribution in [0.5, 0.6) is 0 Å². The lowest BCUT2D eigenvalue weighted by Crippen LogP contribution is -2.06. The van der Waals surface area contributed by atoms with Gasteiger partial charge >= 0.3 is 5.13 Å². The van der Waals surface area contributed by atoms with E-state index < -0.39 is 0 Å². The Kier molecular flexibility index (Phi) is 2.73. The molecule has 1 aromatic carbocycles. The van der Waals surface area contributed by atoms with Crippen LogP contribution < -0.4 is 10.7 Å². The second kappa shape index (κ2) is 4.03. The van der Waals surface area contributed by atoms with Crippen molar-refractivity contribution in [3.05, 3.63) is 35.2 Å². The number of nitrogens with one attached hydrogen (secondary N) is 1. The minimum Gasteiger partial charge on any atom is -0.278 e. The third-order valence-electron chi connectivity index (χ3n) is 2.45. The van der Waals surface area contributed by atoms with E-state index in [0.717, 1.165) is 10.8 Å². The summed E-state index contributed by atoms with van der Waals surface area (Å²) in [4.78, 5) is 3.14. The maximum Gasteiger partial charge on any atom is 0.329 e. The largest absolute Gasteiger partial charge is 0.329 e. The number of anilines is 1. The molecule has 2 aromatic rings. The van der Waals surface area contributed by atoms with Gasteiger partial charge in [0.05, 0.1) is 0 Å². The molecule has 0 saturated heterocycles. The molecule has 0 fully saturated rings. The van der Waals surface area contributed by atoms with Crippen LogP contribution in [0.15, 0.2) is 29.6 Å². The monoisotopic (exact) mass is 219 g/mol. The van der Waals surface area contributed by atoms with Gasteiger partial charge in [-0.1, -0.05) is 49.4 Å². The zero-order chi connectivity index (χ0) is 10.8.